The number of nitrogens with one attached hydrogen (secondary N) is 1. The first-order chi connectivity index (χ1) is 10.8. The van der Waals surface area contributed by atoms with Crippen molar-refractivity contribution in [2.45, 2.75) is 38.6 Å². The van der Waals surface area contributed by atoms with Crippen LogP contribution in [0.25, 0.3) is 0 Å². The minimum Gasteiger partial charge on any atom is -0.353 e. The predicted octanol–water partition coefficient (Wildman–Crippen LogP) is 4.64. The van der Waals surface area contributed by atoms with E-state index in [2.05, 4.69) is 27.1 Å². The van der Waals surface area contributed by atoms with Crippen molar-refractivity contribution < 1.29 is 0 Å². The topological polar surface area (TPSA) is 41.0 Å². The SMILES string of the molecule is CCC1CCCCN1c1cc(Nc2ccccc2Cl)ncn1. The van der Waals surface area contributed by atoms with E-state index in [9.17, 15) is 0 Å². The van der Waals surface area contributed by atoms with E-state index in [0.717, 1.165) is 30.3 Å². The van der Waals surface area contributed by atoms with E-state index in [-0.39, 0.29) is 0 Å². The van der Waals surface area contributed by atoms with Gasteiger partial charge in [0.2, 0.25) is 0 Å². The largest absolute Gasteiger partial charge is 0.353 e. The maximum absolute atomic E-state index is 6.19. The highest BCUT2D eigenvalue weighted by molar-refractivity contribution is 6.33. The quantitative estimate of drug-likeness (QED) is 0.892. The summed E-state index contributed by atoms with van der Waals surface area (Å²) in [6.07, 6.45) is 6.56. The summed E-state index contributed by atoms with van der Waals surface area (Å²) in [6.45, 7) is 3.31. The zero-order chi connectivity index (χ0) is 15.4. The fourth-order valence-corrected chi connectivity index (χ4v) is 3.18. The molecule has 0 amide bonds. The van der Waals surface area contributed by atoms with Crippen molar-refractivity contribution in [3.63, 3.8) is 0 Å². The molecule has 22 heavy (non-hydrogen) atoms. The van der Waals surface area contributed by atoms with Gasteiger partial charge in [-0.15, -0.1) is 0 Å². The first kappa shape index (κ1) is 15.1. The number of hydrogen-bond acceptors (Lipinski definition) is 4. The van der Waals surface area contributed by atoms with Crippen LogP contribution in [0, 0.1) is 0 Å². The molecule has 1 atom stereocenters. The maximum atomic E-state index is 6.19. The number of anilines is 3. The number of hydrogen-bond donors (Lipinski definition) is 1. The van der Waals surface area contributed by atoms with E-state index < -0.39 is 0 Å². The molecular formula is C17H21ClN4. The number of para-hydroxylation sites is 1. The molecule has 1 aliphatic heterocycles. The molecule has 0 radical (unpaired) electrons. The van der Waals surface area contributed by atoms with Crippen LogP contribution in [-0.4, -0.2) is 22.6 Å². The van der Waals surface area contributed by atoms with E-state index in [1.165, 1.54) is 19.3 Å². The molecule has 1 aromatic carbocycles. The van der Waals surface area contributed by atoms with Crippen LogP contribution in [0.5, 0.6) is 0 Å². The van der Waals surface area contributed by atoms with E-state index >= 15 is 0 Å². The van der Waals surface area contributed by atoms with Gasteiger partial charge in [0.05, 0.1) is 10.7 Å². The number of aromatic nitrogens is 2. The Labute approximate surface area is 136 Å². The molecule has 0 bridgehead atoms. The van der Waals surface area contributed by atoms with Crippen molar-refractivity contribution in [3.8, 4) is 0 Å². The third kappa shape index (κ3) is 3.33. The van der Waals surface area contributed by atoms with Gasteiger partial charge in [0.1, 0.15) is 18.0 Å². The fourth-order valence-electron chi connectivity index (χ4n) is 3.00. The van der Waals surface area contributed by atoms with Crippen LogP contribution < -0.4 is 10.2 Å². The molecule has 0 saturated carbocycles. The minimum atomic E-state index is 0.580. The number of benzene rings is 1. The Morgan fingerprint density at radius 3 is 2.95 bits per heavy atom. The lowest BCUT2D eigenvalue weighted by Crippen LogP contribution is -2.39. The van der Waals surface area contributed by atoms with E-state index in [0.29, 0.717) is 11.1 Å². The van der Waals surface area contributed by atoms with Crippen LogP contribution in [0.1, 0.15) is 32.6 Å². The molecule has 5 heteroatoms. The molecule has 1 unspecified atom stereocenters. The highest BCUT2D eigenvalue weighted by atomic mass is 35.5. The lowest BCUT2D eigenvalue weighted by Gasteiger charge is -2.36. The molecular weight excluding hydrogens is 296 g/mol. The molecule has 2 heterocycles. The number of rotatable bonds is 4. The Balaban J connectivity index is 1.82. The van der Waals surface area contributed by atoms with Crippen molar-refractivity contribution in [3.05, 3.63) is 41.7 Å². The fraction of sp³-hybridized carbons (Fsp3) is 0.412. The summed E-state index contributed by atoms with van der Waals surface area (Å²) in [5, 5.41) is 3.96. The highest BCUT2D eigenvalue weighted by Crippen LogP contribution is 2.28. The van der Waals surface area contributed by atoms with Gasteiger partial charge in [0.25, 0.3) is 0 Å². The van der Waals surface area contributed by atoms with Crippen LogP contribution in [-0.2, 0) is 0 Å². The van der Waals surface area contributed by atoms with Gasteiger partial charge in [-0.1, -0.05) is 30.7 Å². The molecule has 1 aromatic heterocycles. The number of nitrogens with zero attached hydrogens (tertiary/aromatic N) is 3. The molecule has 0 aliphatic carbocycles. The van der Waals surface area contributed by atoms with Gasteiger partial charge in [0.15, 0.2) is 0 Å². The number of piperidine rings is 1. The van der Waals surface area contributed by atoms with Crippen molar-refractivity contribution in [1.29, 1.82) is 0 Å². The summed E-state index contributed by atoms with van der Waals surface area (Å²) < 4.78 is 0. The zero-order valence-corrected chi connectivity index (χ0v) is 13.6. The summed E-state index contributed by atoms with van der Waals surface area (Å²) in [4.78, 5) is 11.2. The van der Waals surface area contributed by atoms with Gasteiger partial charge in [-0.05, 0) is 37.8 Å². The summed E-state index contributed by atoms with van der Waals surface area (Å²) in [6, 6.07) is 10.3. The third-order valence-electron chi connectivity index (χ3n) is 4.18. The molecule has 2 aromatic rings. The van der Waals surface area contributed by atoms with E-state index in [4.69, 9.17) is 11.6 Å². The van der Waals surface area contributed by atoms with Crippen LogP contribution in [0.15, 0.2) is 36.7 Å². The van der Waals surface area contributed by atoms with Gasteiger partial charge in [0, 0.05) is 18.7 Å². The second-order valence-electron chi connectivity index (χ2n) is 5.62. The normalized spacial score (nSPS) is 18.3. The molecule has 1 saturated heterocycles. The number of halogens is 1. The second kappa shape index (κ2) is 6.97. The summed E-state index contributed by atoms with van der Waals surface area (Å²) in [5.74, 6) is 1.77. The summed E-state index contributed by atoms with van der Waals surface area (Å²) in [5.41, 5.74) is 0.861. The average Bonchev–Trinajstić information content (AvgIpc) is 2.57. The Bertz CT molecular complexity index is 632. The third-order valence-corrected chi connectivity index (χ3v) is 4.51. The smallest absolute Gasteiger partial charge is 0.135 e. The standard InChI is InChI=1S/C17H21ClN4/c1-2-13-7-5-6-10-22(13)17-11-16(19-12-20-17)21-15-9-4-3-8-14(15)18/h3-4,8-9,11-13H,2,5-7,10H2,1H3,(H,19,20,21). The van der Waals surface area contributed by atoms with Crippen molar-refractivity contribution in [2.75, 3.05) is 16.8 Å². The molecule has 1 N–H and O–H groups in total. The first-order valence-corrected chi connectivity index (χ1v) is 8.26. The first-order valence-electron chi connectivity index (χ1n) is 7.88. The van der Waals surface area contributed by atoms with Crippen molar-refractivity contribution in [1.82, 2.24) is 9.97 Å². The van der Waals surface area contributed by atoms with Gasteiger partial charge in [-0.25, -0.2) is 9.97 Å². The lowest BCUT2D eigenvalue weighted by atomic mass is 10.0. The average molecular weight is 317 g/mol. The Kier molecular flexibility index (Phi) is 4.78. The lowest BCUT2D eigenvalue weighted by molar-refractivity contribution is 0.446. The van der Waals surface area contributed by atoms with Crippen molar-refractivity contribution >= 4 is 28.9 Å². The molecule has 4 nitrogen and oxygen atoms in total. The van der Waals surface area contributed by atoms with Gasteiger partial charge < -0.3 is 10.2 Å². The van der Waals surface area contributed by atoms with Crippen LogP contribution in [0.4, 0.5) is 17.3 Å². The molecule has 0 spiro atoms. The van der Waals surface area contributed by atoms with E-state index in [1.807, 2.05) is 30.3 Å². The second-order valence-corrected chi connectivity index (χ2v) is 6.02. The molecule has 3 rings (SSSR count). The Morgan fingerprint density at radius 2 is 2.14 bits per heavy atom. The van der Waals surface area contributed by atoms with Gasteiger partial charge in [-0.3, -0.25) is 0 Å². The van der Waals surface area contributed by atoms with Crippen LogP contribution in [0.3, 0.4) is 0 Å². The van der Waals surface area contributed by atoms with Crippen molar-refractivity contribution in [2.24, 2.45) is 0 Å². The van der Waals surface area contributed by atoms with Crippen LogP contribution in [0.2, 0.25) is 5.02 Å². The highest BCUT2D eigenvalue weighted by Gasteiger charge is 2.22. The minimum absolute atomic E-state index is 0.580. The van der Waals surface area contributed by atoms with Gasteiger partial charge >= 0.3 is 0 Å². The Hall–Kier alpha value is -1.81. The Morgan fingerprint density at radius 1 is 1.27 bits per heavy atom. The maximum Gasteiger partial charge on any atom is 0.135 e. The van der Waals surface area contributed by atoms with Gasteiger partial charge in [-0.2, -0.15) is 0 Å². The predicted molar refractivity (Wildman–Crippen MR) is 92.0 cm³/mol. The molecule has 116 valence electrons. The summed E-state index contributed by atoms with van der Waals surface area (Å²) in [7, 11) is 0. The monoisotopic (exact) mass is 316 g/mol. The molecule has 1 aliphatic rings. The van der Waals surface area contributed by atoms with Crippen LogP contribution >= 0.6 is 11.6 Å². The summed E-state index contributed by atoms with van der Waals surface area (Å²) >= 11 is 6.19. The van der Waals surface area contributed by atoms with E-state index in [1.54, 1.807) is 6.33 Å². The molecule has 1 fully saturated rings. The zero-order valence-electron chi connectivity index (χ0n) is 12.8.